The van der Waals surface area contributed by atoms with Crippen LogP contribution in [0.4, 0.5) is 0 Å². The zero-order valence-corrected chi connectivity index (χ0v) is 12.0. The van der Waals surface area contributed by atoms with E-state index in [1.165, 1.54) is 30.8 Å². The molecule has 1 fully saturated rings. The summed E-state index contributed by atoms with van der Waals surface area (Å²) in [5.41, 5.74) is 2.56. The Morgan fingerprint density at radius 1 is 1.30 bits per heavy atom. The van der Waals surface area contributed by atoms with Crippen LogP contribution in [-0.2, 0) is 6.54 Å². The predicted molar refractivity (Wildman–Crippen MR) is 80.9 cm³/mol. The summed E-state index contributed by atoms with van der Waals surface area (Å²) in [6.45, 7) is 4.63. The van der Waals surface area contributed by atoms with E-state index >= 15 is 0 Å². The minimum atomic E-state index is 0.810. The fourth-order valence-electron chi connectivity index (χ4n) is 2.96. The van der Waals surface area contributed by atoms with E-state index in [0.717, 1.165) is 19.0 Å². The molecule has 1 aliphatic rings. The SMILES string of the molecule is CNCC1CCN(Cc2ccc(-n3ccnc3)cc2)C1. The number of benzene rings is 1. The average molecular weight is 270 g/mol. The van der Waals surface area contributed by atoms with Gasteiger partial charge in [0.05, 0.1) is 6.33 Å². The zero-order valence-electron chi connectivity index (χ0n) is 12.0. The van der Waals surface area contributed by atoms with Crippen molar-refractivity contribution in [2.45, 2.75) is 13.0 Å². The molecule has 0 radical (unpaired) electrons. The van der Waals surface area contributed by atoms with Crippen LogP contribution in [0.2, 0.25) is 0 Å². The molecule has 2 heterocycles. The van der Waals surface area contributed by atoms with Gasteiger partial charge in [-0.3, -0.25) is 4.90 Å². The largest absolute Gasteiger partial charge is 0.319 e. The van der Waals surface area contributed by atoms with E-state index in [-0.39, 0.29) is 0 Å². The van der Waals surface area contributed by atoms with Gasteiger partial charge in [0.1, 0.15) is 0 Å². The van der Waals surface area contributed by atoms with E-state index in [4.69, 9.17) is 0 Å². The highest BCUT2D eigenvalue weighted by Crippen LogP contribution is 2.18. The lowest BCUT2D eigenvalue weighted by Crippen LogP contribution is -2.24. The first-order valence-corrected chi connectivity index (χ1v) is 7.29. The molecular weight excluding hydrogens is 248 g/mol. The quantitative estimate of drug-likeness (QED) is 0.901. The van der Waals surface area contributed by atoms with Gasteiger partial charge in [0.25, 0.3) is 0 Å². The topological polar surface area (TPSA) is 33.1 Å². The maximum absolute atomic E-state index is 4.08. The fraction of sp³-hybridized carbons (Fsp3) is 0.438. The number of likely N-dealkylation sites (tertiary alicyclic amines) is 1. The van der Waals surface area contributed by atoms with Gasteiger partial charge < -0.3 is 9.88 Å². The van der Waals surface area contributed by atoms with E-state index in [9.17, 15) is 0 Å². The van der Waals surface area contributed by atoms with Crippen molar-refractivity contribution >= 4 is 0 Å². The zero-order chi connectivity index (χ0) is 13.8. The molecule has 0 bridgehead atoms. The molecule has 0 aliphatic carbocycles. The predicted octanol–water partition coefficient (Wildman–Crippen LogP) is 1.91. The Labute approximate surface area is 120 Å². The molecule has 20 heavy (non-hydrogen) atoms. The Morgan fingerprint density at radius 2 is 2.15 bits per heavy atom. The molecule has 2 aromatic rings. The fourth-order valence-corrected chi connectivity index (χ4v) is 2.96. The van der Waals surface area contributed by atoms with Crippen LogP contribution in [0.15, 0.2) is 43.0 Å². The van der Waals surface area contributed by atoms with Crippen molar-refractivity contribution in [1.82, 2.24) is 19.8 Å². The van der Waals surface area contributed by atoms with Crippen LogP contribution in [0.5, 0.6) is 0 Å². The number of nitrogens with zero attached hydrogens (tertiary/aromatic N) is 3. The third-order valence-electron chi connectivity index (χ3n) is 4.01. The molecule has 1 atom stereocenters. The van der Waals surface area contributed by atoms with Crippen LogP contribution in [0.3, 0.4) is 0 Å². The molecule has 1 unspecified atom stereocenters. The Kier molecular flexibility index (Phi) is 4.14. The Balaban J connectivity index is 1.59. The van der Waals surface area contributed by atoms with Gasteiger partial charge in [0.2, 0.25) is 0 Å². The lowest BCUT2D eigenvalue weighted by atomic mass is 10.1. The minimum Gasteiger partial charge on any atom is -0.319 e. The molecule has 1 saturated heterocycles. The molecule has 3 rings (SSSR count). The van der Waals surface area contributed by atoms with Gasteiger partial charge in [0.15, 0.2) is 0 Å². The van der Waals surface area contributed by atoms with E-state index in [1.54, 1.807) is 6.20 Å². The number of nitrogens with one attached hydrogen (secondary N) is 1. The lowest BCUT2D eigenvalue weighted by Gasteiger charge is -2.16. The van der Waals surface area contributed by atoms with Gasteiger partial charge in [-0.15, -0.1) is 0 Å². The highest BCUT2D eigenvalue weighted by Gasteiger charge is 2.21. The Hall–Kier alpha value is -1.65. The normalized spacial score (nSPS) is 19.6. The van der Waals surface area contributed by atoms with Crippen molar-refractivity contribution in [3.8, 4) is 5.69 Å². The van der Waals surface area contributed by atoms with Gasteiger partial charge in [-0.1, -0.05) is 12.1 Å². The van der Waals surface area contributed by atoms with Crippen LogP contribution in [-0.4, -0.2) is 41.1 Å². The first-order valence-electron chi connectivity index (χ1n) is 7.29. The van der Waals surface area contributed by atoms with Crippen LogP contribution >= 0.6 is 0 Å². The number of aromatic nitrogens is 2. The van der Waals surface area contributed by atoms with Crippen LogP contribution in [0.25, 0.3) is 5.69 Å². The Bertz CT molecular complexity index is 518. The smallest absolute Gasteiger partial charge is 0.0991 e. The molecule has 0 spiro atoms. The third kappa shape index (κ3) is 3.08. The van der Waals surface area contributed by atoms with E-state index in [2.05, 4.69) is 39.5 Å². The Morgan fingerprint density at radius 3 is 2.85 bits per heavy atom. The van der Waals surface area contributed by atoms with E-state index in [1.807, 2.05) is 24.1 Å². The van der Waals surface area contributed by atoms with E-state index < -0.39 is 0 Å². The average Bonchev–Trinajstić information content (AvgIpc) is 3.12. The lowest BCUT2D eigenvalue weighted by molar-refractivity contribution is 0.315. The number of rotatable bonds is 5. The van der Waals surface area contributed by atoms with Crippen LogP contribution < -0.4 is 5.32 Å². The van der Waals surface area contributed by atoms with Gasteiger partial charge in [0, 0.05) is 31.2 Å². The highest BCUT2D eigenvalue weighted by molar-refractivity contribution is 5.34. The molecule has 0 saturated carbocycles. The molecule has 1 aliphatic heterocycles. The molecule has 1 N–H and O–H groups in total. The standard InChI is InChI=1S/C16H22N4/c1-17-10-15-6-8-19(12-15)11-14-2-4-16(5-3-14)20-9-7-18-13-20/h2-5,7,9,13,15,17H,6,8,10-12H2,1H3. The van der Waals surface area contributed by atoms with Crippen molar-refractivity contribution in [2.75, 3.05) is 26.7 Å². The molecule has 106 valence electrons. The molecule has 4 heteroatoms. The summed E-state index contributed by atoms with van der Waals surface area (Å²) in [6.07, 6.45) is 6.92. The van der Waals surface area contributed by atoms with Crippen molar-refractivity contribution in [2.24, 2.45) is 5.92 Å². The van der Waals surface area contributed by atoms with Crippen LogP contribution in [0.1, 0.15) is 12.0 Å². The molecule has 0 amide bonds. The van der Waals surface area contributed by atoms with Crippen molar-refractivity contribution in [1.29, 1.82) is 0 Å². The maximum Gasteiger partial charge on any atom is 0.0991 e. The first-order chi connectivity index (χ1) is 9.85. The summed E-state index contributed by atoms with van der Waals surface area (Å²) in [5.74, 6) is 0.810. The maximum atomic E-state index is 4.08. The third-order valence-corrected chi connectivity index (χ3v) is 4.01. The second-order valence-corrected chi connectivity index (χ2v) is 5.58. The monoisotopic (exact) mass is 270 g/mol. The summed E-state index contributed by atoms with van der Waals surface area (Å²) in [7, 11) is 2.04. The molecular formula is C16H22N4. The second-order valence-electron chi connectivity index (χ2n) is 5.58. The minimum absolute atomic E-state index is 0.810. The number of hydrogen-bond donors (Lipinski definition) is 1. The number of imidazole rings is 1. The van der Waals surface area contributed by atoms with Gasteiger partial charge >= 0.3 is 0 Å². The highest BCUT2D eigenvalue weighted by atomic mass is 15.1. The van der Waals surface area contributed by atoms with E-state index in [0.29, 0.717) is 0 Å². The first kappa shape index (κ1) is 13.3. The second kappa shape index (κ2) is 6.20. The molecule has 4 nitrogen and oxygen atoms in total. The summed E-state index contributed by atoms with van der Waals surface area (Å²) in [4.78, 5) is 6.63. The molecule has 1 aromatic carbocycles. The van der Waals surface area contributed by atoms with Gasteiger partial charge in [-0.25, -0.2) is 4.98 Å². The molecule has 1 aromatic heterocycles. The van der Waals surface area contributed by atoms with Crippen molar-refractivity contribution in [3.63, 3.8) is 0 Å². The van der Waals surface area contributed by atoms with Crippen LogP contribution in [0, 0.1) is 5.92 Å². The summed E-state index contributed by atoms with van der Waals surface area (Å²) in [6, 6.07) is 8.78. The van der Waals surface area contributed by atoms with Crippen molar-refractivity contribution in [3.05, 3.63) is 48.5 Å². The summed E-state index contributed by atoms with van der Waals surface area (Å²) >= 11 is 0. The summed E-state index contributed by atoms with van der Waals surface area (Å²) < 4.78 is 2.03. The summed E-state index contributed by atoms with van der Waals surface area (Å²) in [5, 5.41) is 3.28. The van der Waals surface area contributed by atoms with Gasteiger partial charge in [-0.05, 0) is 50.2 Å². The van der Waals surface area contributed by atoms with Crippen molar-refractivity contribution < 1.29 is 0 Å². The number of hydrogen-bond acceptors (Lipinski definition) is 3. The van der Waals surface area contributed by atoms with Gasteiger partial charge in [-0.2, -0.15) is 0 Å².